The van der Waals surface area contributed by atoms with E-state index in [9.17, 15) is 4.79 Å². The third-order valence-corrected chi connectivity index (χ3v) is 6.56. The van der Waals surface area contributed by atoms with E-state index in [4.69, 9.17) is 9.72 Å². The topological polar surface area (TPSA) is 47.4 Å². The molecule has 0 radical (unpaired) electrons. The molecule has 1 aromatic heterocycles. The zero-order valence-corrected chi connectivity index (χ0v) is 19.5. The third-order valence-electron chi connectivity index (χ3n) is 5.89. The molecule has 1 aliphatic heterocycles. The van der Waals surface area contributed by atoms with Crippen molar-refractivity contribution in [2.24, 2.45) is 0 Å². The van der Waals surface area contributed by atoms with Crippen molar-refractivity contribution < 1.29 is 9.53 Å². The van der Waals surface area contributed by atoms with E-state index in [1.807, 2.05) is 65.6 Å². The summed E-state index contributed by atoms with van der Waals surface area (Å²) in [6.45, 7) is 3.88. The first-order valence-electron chi connectivity index (χ1n) is 10.8. The highest BCUT2D eigenvalue weighted by atomic mass is 79.9. The second kappa shape index (κ2) is 8.79. The van der Waals surface area contributed by atoms with Gasteiger partial charge in [0.1, 0.15) is 18.2 Å². The van der Waals surface area contributed by atoms with Gasteiger partial charge in [0.25, 0.3) is 0 Å². The summed E-state index contributed by atoms with van der Waals surface area (Å²) in [7, 11) is 0. The molecule has 1 saturated heterocycles. The van der Waals surface area contributed by atoms with E-state index in [1.165, 1.54) is 5.56 Å². The summed E-state index contributed by atoms with van der Waals surface area (Å²) in [6, 6.07) is 24.1. The lowest BCUT2D eigenvalue weighted by Gasteiger charge is -2.19. The van der Waals surface area contributed by atoms with Crippen LogP contribution in [0.5, 0.6) is 5.75 Å². The molecule has 0 spiro atoms. The number of hydrogen-bond acceptors (Lipinski definition) is 3. The average molecular weight is 490 g/mol. The molecule has 32 heavy (non-hydrogen) atoms. The number of carbonyl (C=O) groups excluding carboxylic acids is 1. The molecule has 1 fully saturated rings. The smallest absolute Gasteiger partial charge is 0.227 e. The summed E-state index contributed by atoms with van der Waals surface area (Å²) < 4.78 is 9.16. The first-order chi connectivity index (χ1) is 15.6. The maximum Gasteiger partial charge on any atom is 0.227 e. The third kappa shape index (κ3) is 4.02. The van der Waals surface area contributed by atoms with Gasteiger partial charge in [0.05, 0.1) is 23.3 Å². The van der Waals surface area contributed by atoms with Gasteiger partial charge < -0.3 is 14.2 Å². The van der Waals surface area contributed by atoms with Gasteiger partial charge in [-0.3, -0.25) is 4.79 Å². The number of amides is 1. The molecule has 1 unspecified atom stereocenters. The fraction of sp³-hybridized carbons (Fsp3) is 0.231. The zero-order valence-electron chi connectivity index (χ0n) is 17.9. The molecule has 0 N–H and O–H groups in total. The molecule has 1 atom stereocenters. The van der Waals surface area contributed by atoms with Crippen LogP contribution >= 0.6 is 15.9 Å². The standard InChI is InChI=1S/C26H24BrN3O2/c1-18-7-6-8-20(15-18)32-14-13-29-24-12-5-3-10-22(24)28-26(29)19-16-25(31)30(17-19)23-11-4-2-9-21(23)27/h2-12,15,19H,13-14,16-17H2,1H3. The van der Waals surface area contributed by atoms with Crippen molar-refractivity contribution in [3.8, 4) is 5.75 Å². The van der Waals surface area contributed by atoms with Crippen LogP contribution in [0.25, 0.3) is 11.0 Å². The first-order valence-corrected chi connectivity index (χ1v) is 11.6. The quantitative estimate of drug-likeness (QED) is 0.348. The number of hydrogen-bond donors (Lipinski definition) is 0. The number of imidazole rings is 1. The second-order valence-electron chi connectivity index (χ2n) is 8.13. The van der Waals surface area contributed by atoms with Crippen LogP contribution < -0.4 is 9.64 Å². The van der Waals surface area contributed by atoms with Gasteiger partial charge in [-0.15, -0.1) is 0 Å². The number of rotatable bonds is 6. The van der Waals surface area contributed by atoms with Crippen LogP contribution in [-0.4, -0.2) is 28.6 Å². The van der Waals surface area contributed by atoms with Gasteiger partial charge in [0.2, 0.25) is 5.91 Å². The SMILES string of the molecule is Cc1cccc(OCCn2c(C3CC(=O)N(c4ccccc4Br)C3)nc3ccccc32)c1. The van der Waals surface area contributed by atoms with Gasteiger partial charge in [-0.05, 0) is 64.8 Å². The minimum Gasteiger partial charge on any atom is -0.492 e. The highest BCUT2D eigenvalue weighted by molar-refractivity contribution is 9.10. The molecule has 3 aromatic carbocycles. The maximum absolute atomic E-state index is 12.9. The van der Waals surface area contributed by atoms with Crippen LogP contribution in [0.1, 0.15) is 23.7 Å². The number of aromatic nitrogens is 2. The van der Waals surface area contributed by atoms with Crippen molar-refractivity contribution in [3.63, 3.8) is 0 Å². The van der Waals surface area contributed by atoms with E-state index in [-0.39, 0.29) is 11.8 Å². The molecule has 0 saturated carbocycles. The molecule has 0 bridgehead atoms. The minimum atomic E-state index is 0.0287. The van der Waals surface area contributed by atoms with Crippen LogP contribution in [-0.2, 0) is 11.3 Å². The molecular formula is C26H24BrN3O2. The lowest BCUT2D eigenvalue weighted by molar-refractivity contribution is -0.117. The molecular weight excluding hydrogens is 466 g/mol. The highest BCUT2D eigenvalue weighted by Crippen LogP contribution is 2.36. The van der Waals surface area contributed by atoms with Gasteiger partial charge in [0.15, 0.2) is 0 Å². The van der Waals surface area contributed by atoms with Gasteiger partial charge >= 0.3 is 0 Å². The molecule has 2 heterocycles. The summed E-state index contributed by atoms with van der Waals surface area (Å²) in [6.07, 6.45) is 0.448. The largest absolute Gasteiger partial charge is 0.492 e. The van der Waals surface area contributed by atoms with Crippen LogP contribution in [0.3, 0.4) is 0 Å². The van der Waals surface area contributed by atoms with Gasteiger partial charge in [0, 0.05) is 23.4 Å². The fourth-order valence-electron chi connectivity index (χ4n) is 4.38. The Morgan fingerprint density at radius 3 is 2.72 bits per heavy atom. The Morgan fingerprint density at radius 1 is 1.06 bits per heavy atom. The summed E-state index contributed by atoms with van der Waals surface area (Å²) >= 11 is 3.58. The van der Waals surface area contributed by atoms with Crippen molar-refractivity contribution in [2.45, 2.75) is 25.8 Å². The van der Waals surface area contributed by atoms with Crippen molar-refractivity contribution in [2.75, 3.05) is 18.1 Å². The maximum atomic E-state index is 12.9. The predicted molar refractivity (Wildman–Crippen MR) is 130 cm³/mol. The molecule has 0 aliphatic carbocycles. The van der Waals surface area contributed by atoms with Crippen molar-refractivity contribution in [3.05, 3.63) is 88.7 Å². The molecule has 1 aliphatic rings. The van der Waals surface area contributed by atoms with E-state index in [2.05, 4.69) is 39.6 Å². The molecule has 4 aromatic rings. The van der Waals surface area contributed by atoms with Gasteiger partial charge in [-0.25, -0.2) is 4.98 Å². The molecule has 5 rings (SSSR count). The number of carbonyl (C=O) groups is 1. The van der Waals surface area contributed by atoms with Crippen LogP contribution in [0, 0.1) is 6.92 Å². The molecule has 6 heteroatoms. The van der Waals surface area contributed by atoms with E-state index >= 15 is 0 Å². The lowest BCUT2D eigenvalue weighted by Crippen LogP contribution is -2.25. The van der Waals surface area contributed by atoms with E-state index in [0.717, 1.165) is 32.8 Å². The number of halogens is 1. The van der Waals surface area contributed by atoms with Crippen LogP contribution in [0.15, 0.2) is 77.3 Å². The normalized spacial score (nSPS) is 16.1. The number of nitrogens with zero attached hydrogens (tertiary/aromatic N) is 3. The molecule has 162 valence electrons. The van der Waals surface area contributed by atoms with Crippen molar-refractivity contribution >= 4 is 38.6 Å². The Balaban J connectivity index is 1.41. The number of anilines is 1. The summed E-state index contributed by atoms with van der Waals surface area (Å²) in [5.41, 5.74) is 4.10. The van der Waals surface area contributed by atoms with E-state index in [0.29, 0.717) is 26.1 Å². The zero-order chi connectivity index (χ0) is 22.1. The first kappa shape index (κ1) is 20.8. The minimum absolute atomic E-state index is 0.0287. The fourth-order valence-corrected chi connectivity index (χ4v) is 4.88. The molecule has 5 nitrogen and oxygen atoms in total. The lowest BCUT2D eigenvalue weighted by atomic mass is 10.1. The second-order valence-corrected chi connectivity index (χ2v) is 8.99. The highest BCUT2D eigenvalue weighted by Gasteiger charge is 2.35. The Morgan fingerprint density at radius 2 is 1.88 bits per heavy atom. The summed E-state index contributed by atoms with van der Waals surface area (Å²) in [4.78, 5) is 19.7. The Labute approximate surface area is 195 Å². The Hall–Kier alpha value is -3.12. The van der Waals surface area contributed by atoms with E-state index < -0.39 is 0 Å². The average Bonchev–Trinajstić information content (AvgIpc) is 3.35. The van der Waals surface area contributed by atoms with Gasteiger partial charge in [-0.2, -0.15) is 0 Å². The number of aryl methyl sites for hydroxylation is 1. The van der Waals surface area contributed by atoms with E-state index in [1.54, 1.807) is 0 Å². The van der Waals surface area contributed by atoms with Crippen LogP contribution in [0.2, 0.25) is 0 Å². The van der Waals surface area contributed by atoms with Gasteiger partial charge in [-0.1, -0.05) is 36.4 Å². The number of para-hydroxylation sites is 3. The number of ether oxygens (including phenoxy) is 1. The Bertz CT molecular complexity index is 1280. The number of fused-ring (bicyclic) bond motifs is 1. The van der Waals surface area contributed by atoms with Crippen LogP contribution in [0.4, 0.5) is 5.69 Å². The number of benzene rings is 3. The Kier molecular flexibility index (Phi) is 5.70. The predicted octanol–water partition coefficient (Wildman–Crippen LogP) is 5.71. The monoisotopic (exact) mass is 489 g/mol. The van der Waals surface area contributed by atoms with Crippen molar-refractivity contribution in [1.82, 2.24) is 9.55 Å². The summed E-state index contributed by atoms with van der Waals surface area (Å²) in [5, 5.41) is 0. The van der Waals surface area contributed by atoms with Crippen molar-refractivity contribution in [1.29, 1.82) is 0 Å². The molecule has 1 amide bonds. The summed E-state index contributed by atoms with van der Waals surface area (Å²) in [5.74, 6) is 1.96.